The van der Waals surface area contributed by atoms with Crippen molar-refractivity contribution in [2.75, 3.05) is 18.0 Å². The third kappa shape index (κ3) is 2.50. The normalized spacial score (nSPS) is 26.3. The molecule has 1 N–H and O–H groups in total. The smallest absolute Gasteiger partial charge is 0.262 e. The number of carbonyl (C=O) groups excluding carboxylic acids is 4. The summed E-state index contributed by atoms with van der Waals surface area (Å²) in [6, 6.07) is 4.27. The van der Waals surface area contributed by atoms with Crippen LogP contribution in [0.2, 0.25) is 0 Å². The first-order valence-corrected chi connectivity index (χ1v) is 8.39. The number of anilines is 1. The van der Waals surface area contributed by atoms with Gasteiger partial charge in [0, 0.05) is 25.2 Å². The van der Waals surface area contributed by atoms with Crippen LogP contribution in [-0.4, -0.2) is 47.7 Å². The Bertz CT molecular complexity index is 804. The lowest BCUT2D eigenvalue weighted by molar-refractivity contribution is -0.136. The van der Waals surface area contributed by atoms with Crippen LogP contribution in [0, 0.1) is 12.8 Å². The number of piperidine rings is 1. The number of fused-ring (bicyclic) bond motifs is 1. The highest BCUT2D eigenvalue weighted by molar-refractivity contribution is 6.23. The van der Waals surface area contributed by atoms with Crippen LogP contribution >= 0.6 is 0 Å². The quantitative estimate of drug-likeness (QED) is 0.803. The summed E-state index contributed by atoms with van der Waals surface area (Å²) in [4.78, 5) is 51.9. The molecular weight excluding hydrogens is 322 g/mol. The van der Waals surface area contributed by atoms with Gasteiger partial charge in [-0.15, -0.1) is 0 Å². The molecule has 7 nitrogen and oxygen atoms in total. The van der Waals surface area contributed by atoms with Gasteiger partial charge < -0.3 is 4.90 Å². The fraction of sp³-hybridized carbons (Fsp3) is 0.389. The summed E-state index contributed by atoms with van der Waals surface area (Å²) >= 11 is 0. The zero-order valence-corrected chi connectivity index (χ0v) is 13.7. The zero-order valence-electron chi connectivity index (χ0n) is 13.7. The molecule has 3 aliphatic heterocycles. The van der Waals surface area contributed by atoms with E-state index >= 15 is 0 Å². The van der Waals surface area contributed by atoms with Gasteiger partial charge in [-0.25, -0.2) is 0 Å². The Morgan fingerprint density at radius 3 is 2.48 bits per heavy atom. The molecule has 4 amide bonds. The number of carbonyl (C=O) groups is 4. The Balaban J connectivity index is 1.63. The van der Waals surface area contributed by atoms with Crippen LogP contribution in [0.4, 0.5) is 5.69 Å². The van der Waals surface area contributed by atoms with Crippen LogP contribution in [0.5, 0.6) is 0 Å². The predicted molar refractivity (Wildman–Crippen MR) is 88.8 cm³/mol. The average Bonchev–Trinajstić information content (AvgIpc) is 3.11. The topological polar surface area (TPSA) is 86.8 Å². The molecule has 1 aromatic carbocycles. The molecule has 0 aliphatic carbocycles. The molecule has 0 spiro atoms. The molecule has 1 radical (unpaired) electrons. The molecule has 7 heteroatoms. The maximum Gasteiger partial charge on any atom is 0.262 e. The van der Waals surface area contributed by atoms with Crippen LogP contribution in [0.1, 0.15) is 40.0 Å². The van der Waals surface area contributed by atoms with Gasteiger partial charge in [0.15, 0.2) is 0 Å². The third-order valence-electron chi connectivity index (χ3n) is 5.07. The Morgan fingerprint density at radius 2 is 1.80 bits per heavy atom. The minimum absolute atomic E-state index is 0.119. The van der Waals surface area contributed by atoms with E-state index in [-0.39, 0.29) is 18.7 Å². The molecule has 0 saturated carbocycles. The van der Waals surface area contributed by atoms with E-state index in [1.54, 1.807) is 12.1 Å². The van der Waals surface area contributed by atoms with E-state index in [0.29, 0.717) is 17.0 Å². The molecule has 2 fully saturated rings. The van der Waals surface area contributed by atoms with Crippen molar-refractivity contribution in [3.05, 3.63) is 36.2 Å². The van der Waals surface area contributed by atoms with Crippen molar-refractivity contribution >= 4 is 29.3 Å². The van der Waals surface area contributed by atoms with Crippen molar-refractivity contribution in [2.24, 2.45) is 5.92 Å². The first kappa shape index (κ1) is 15.8. The van der Waals surface area contributed by atoms with Crippen molar-refractivity contribution < 1.29 is 19.2 Å². The summed E-state index contributed by atoms with van der Waals surface area (Å²) in [7, 11) is 0. The number of benzene rings is 1. The van der Waals surface area contributed by atoms with E-state index < -0.39 is 23.8 Å². The lowest BCUT2D eigenvalue weighted by Gasteiger charge is -2.27. The van der Waals surface area contributed by atoms with Crippen LogP contribution in [0.15, 0.2) is 18.2 Å². The van der Waals surface area contributed by atoms with E-state index in [4.69, 9.17) is 0 Å². The second-order valence-corrected chi connectivity index (χ2v) is 6.78. The van der Waals surface area contributed by atoms with Crippen molar-refractivity contribution in [1.29, 1.82) is 0 Å². The van der Waals surface area contributed by atoms with Gasteiger partial charge >= 0.3 is 0 Å². The second-order valence-electron chi connectivity index (χ2n) is 6.78. The summed E-state index contributed by atoms with van der Waals surface area (Å²) in [5.74, 6) is -1.56. The molecule has 129 valence electrons. The van der Waals surface area contributed by atoms with Gasteiger partial charge in [0.2, 0.25) is 11.8 Å². The molecule has 25 heavy (non-hydrogen) atoms. The van der Waals surface area contributed by atoms with Crippen LogP contribution in [0.3, 0.4) is 0 Å². The summed E-state index contributed by atoms with van der Waals surface area (Å²) in [6.07, 6.45) is 1.28. The summed E-state index contributed by atoms with van der Waals surface area (Å²) < 4.78 is 0. The Kier molecular flexibility index (Phi) is 3.59. The SMILES string of the molecule is [CH2][C@@H]1CCN(c2ccc3c(c2)C(=O)N(C2CCC(=O)NC2=O)C3=O)C1. The van der Waals surface area contributed by atoms with E-state index in [0.717, 1.165) is 30.1 Å². The van der Waals surface area contributed by atoms with Crippen molar-refractivity contribution in [1.82, 2.24) is 10.2 Å². The number of nitrogens with zero attached hydrogens (tertiary/aromatic N) is 2. The van der Waals surface area contributed by atoms with E-state index in [1.807, 2.05) is 6.07 Å². The van der Waals surface area contributed by atoms with Crippen molar-refractivity contribution in [3.63, 3.8) is 0 Å². The Morgan fingerprint density at radius 1 is 1.04 bits per heavy atom. The Hall–Kier alpha value is -2.70. The number of hydrogen-bond acceptors (Lipinski definition) is 5. The fourth-order valence-electron chi connectivity index (χ4n) is 3.72. The zero-order chi connectivity index (χ0) is 17.7. The van der Waals surface area contributed by atoms with Crippen LogP contribution in [0.25, 0.3) is 0 Å². The van der Waals surface area contributed by atoms with Gasteiger partial charge in [-0.05, 0) is 43.9 Å². The molecule has 2 atom stereocenters. The largest absolute Gasteiger partial charge is 0.371 e. The average molecular weight is 340 g/mol. The predicted octanol–water partition coefficient (Wildman–Crippen LogP) is 0.748. The molecular formula is C18H18N3O4. The van der Waals surface area contributed by atoms with Gasteiger partial charge in [-0.2, -0.15) is 0 Å². The minimum atomic E-state index is -0.926. The summed E-state index contributed by atoms with van der Waals surface area (Å²) in [6.45, 7) is 5.74. The lowest BCUT2D eigenvalue weighted by Crippen LogP contribution is -2.54. The molecule has 1 unspecified atom stereocenters. The standard InChI is InChI=1S/C18H18N3O4/c1-10-6-7-20(9-10)11-2-3-12-13(8-11)18(25)21(17(12)24)14-4-5-15(22)19-16(14)23/h2-3,8,10,14H,1,4-7,9H2,(H,19,22,23)/t10-,14?/m1/s1. The number of amides is 4. The molecule has 3 aliphatic rings. The van der Waals surface area contributed by atoms with Gasteiger partial charge in [0.25, 0.3) is 11.8 Å². The van der Waals surface area contributed by atoms with Crippen molar-refractivity contribution in [3.8, 4) is 0 Å². The van der Waals surface area contributed by atoms with Crippen LogP contribution in [-0.2, 0) is 9.59 Å². The monoisotopic (exact) mass is 340 g/mol. The molecule has 2 saturated heterocycles. The van der Waals surface area contributed by atoms with E-state index in [9.17, 15) is 19.2 Å². The number of rotatable bonds is 2. The molecule has 0 aromatic heterocycles. The first-order chi connectivity index (χ1) is 12.0. The third-order valence-corrected chi connectivity index (χ3v) is 5.07. The number of imide groups is 2. The highest BCUT2D eigenvalue weighted by Crippen LogP contribution is 2.32. The molecule has 0 bridgehead atoms. The van der Waals surface area contributed by atoms with Crippen LogP contribution < -0.4 is 10.2 Å². The van der Waals surface area contributed by atoms with Gasteiger partial charge in [0.1, 0.15) is 6.04 Å². The number of hydrogen-bond donors (Lipinski definition) is 1. The minimum Gasteiger partial charge on any atom is -0.371 e. The first-order valence-electron chi connectivity index (χ1n) is 8.39. The second kappa shape index (κ2) is 5.68. The molecule has 3 heterocycles. The van der Waals surface area contributed by atoms with Gasteiger partial charge in [-0.3, -0.25) is 29.4 Å². The highest BCUT2D eigenvalue weighted by atomic mass is 16.2. The Labute approximate surface area is 145 Å². The maximum absolute atomic E-state index is 12.8. The van der Waals surface area contributed by atoms with Gasteiger partial charge in [0.05, 0.1) is 11.1 Å². The van der Waals surface area contributed by atoms with Gasteiger partial charge in [-0.1, -0.05) is 0 Å². The summed E-state index contributed by atoms with van der Waals surface area (Å²) in [5.41, 5.74) is 1.51. The molecule has 1 aromatic rings. The lowest BCUT2D eigenvalue weighted by atomic mass is 10.0. The molecule has 4 rings (SSSR count). The van der Waals surface area contributed by atoms with Crippen molar-refractivity contribution in [2.45, 2.75) is 25.3 Å². The highest BCUT2D eigenvalue weighted by Gasteiger charge is 2.44. The maximum atomic E-state index is 12.8. The number of nitrogens with one attached hydrogen (secondary N) is 1. The van der Waals surface area contributed by atoms with E-state index in [1.165, 1.54) is 0 Å². The fourth-order valence-corrected chi connectivity index (χ4v) is 3.72. The van der Waals surface area contributed by atoms with E-state index in [2.05, 4.69) is 17.1 Å². The summed E-state index contributed by atoms with van der Waals surface area (Å²) in [5, 5.41) is 2.20.